The molecule has 0 saturated heterocycles. The number of benzene rings is 3. The number of hydrogen-bond acceptors (Lipinski definition) is 2. The van der Waals surface area contributed by atoms with Gasteiger partial charge >= 0.3 is 0 Å². The van der Waals surface area contributed by atoms with Gasteiger partial charge in [-0.1, -0.05) is 66.7 Å². The Balaban J connectivity index is 1.52. The van der Waals surface area contributed by atoms with Crippen molar-refractivity contribution in [3.8, 4) is 0 Å². The average molecular weight is 393 g/mol. The maximum atomic E-state index is 12.8. The predicted molar refractivity (Wildman–Crippen MR) is 111 cm³/mol. The van der Waals surface area contributed by atoms with Crippen LogP contribution in [-0.2, 0) is 22.4 Å². The van der Waals surface area contributed by atoms with Crippen LogP contribution < -0.4 is 10.6 Å². The summed E-state index contributed by atoms with van der Waals surface area (Å²) in [5, 5.41) is 8.27. The monoisotopic (exact) mass is 392 g/mol. The zero-order chi connectivity index (χ0) is 19.5. The highest BCUT2D eigenvalue weighted by Gasteiger charge is 2.34. The van der Waals surface area contributed by atoms with E-state index in [1.807, 2.05) is 66.7 Å². The van der Waals surface area contributed by atoms with Crippen LogP contribution in [0.3, 0.4) is 0 Å². The van der Waals surface area contributed by atoms with Crippen molar-refractivity contribution in [1.82, 2.24) is 10.6 Å². The van der Waals surface area contributed by atoms with E-state index in [1.54, 1.807) is 0 Å². The molecule has 0 aromatic heterocycles. The Hall–Kier alpha value is -2.85. The number of rotatable bonds is 5. The molecule has 28 heavy (non-hydrogen) atoms. The summed E-state index contributed by atoms with van der Waals surface area (Å²) in [6.07, 6.45) is 0.981. The van der Waals surface area contributed by atoms with E-state index in [-0.39, 0.29) is 29.8 Å². The summed E-state index contributed by atoms with van der Waals surface area (Å²) >= 11 is 5.67. The number of carbonyl (C=O) groups excluding carboxylic acids is 2. The van der Waals surface area contributed by atoms with E-state index in [4.69, 9.17) is 11.6 Å². The van der Waals surface area contributed by atoms with Crippen molar-refractivity contribution in [2.45, 2.75) is 24.9 Å². The van der Waals surface area contributed by atoms with Gasteiger partial charge in [-0.15, -0.1) is 11.6 Å². The maximum absolute atomic E-state index is 12.8. The van der Waals surface area contributed by atoms with Crippen LogP contribution in [0.1, 0.15) is 22.7 Å². The second-order valence-electron chi connectivity index (χ2n) is 7.07. The second kappa shape index (κ2) is 8.03. The fourth-order valence-electron chi connectivity index (χ4n) is 4.00. The lowest BCUT2D eigenvalue weighted by Crippen LogP contribution is -2.45. The van der Waals surface area contributed by atoms with Gasteiger partial charge in [0, 0.05) is 0 Å². The predicted octanol–water partition coefficient (Wildman–Crippen LogP) is 3.52. The van der Waals surface area contributed by atoms with Crippen LogP contribution in [0, 0.1) is 0 Å². The number of hydrogen-bond donors (Lipinski definition) is 2. The van der Waals surface area contributed by atoms with Gasteiger partial charge in [-0.2, -0.15) is 0 Å². The van der Waals surface area contributed by atoms with Gasteiger partial charge in [0.1, 0.15) is 5.88 Å². The number of alkyl halides is 1. The summed E-state index contributed by atoms with van der Waals surface area (Å²) in [5.41, 5.74) is 3.17. The van der Waals surface area contributed by atoms with E-state index < -0.39 is 0 Å². The molecule has 0 saturated carbocycles. The molecule has 0 heterocycles. The van der Waals surface area contributed by atoms with Crippen LogP contribution >= 0.6 is 11.6 Å². The third kappa shape index (κ3) is 3.73. The Kier molecular flexibility index (Phi) is 5.31. The third-order valence-electron chi connectivity index (χ3n) is 5.25. The molecule has 0 bridgehead atoms. The summed E-state index contributed by atoms with van der Waals surface area (Å²) in [4.78, 5) is 24.7. The Morgan fingerprint density at radius 1 is 0.893 bits per heavy atom. The van der Waals surface area contributed by atoms with Gasteiger partial charge in [-0.3, -0.25) is 9.59 Å². The minimum absolute atomic E-state index is 0.0562. The van der Waals surface area contributed by atoms with Crippen LogP contribution in [0.5, 0.6) is 0 Å². The van der Waals surface area contributed by atoms with Crippen LogP contribution in [0.2, 0.25) is 0 Å². The Morgan fingerprint density at radius 3 is 2.50 bits per heavy atom. The van der Waals surface area contributed by atoms with Crippen molar-refractivity contribution < 1.29 is 9.59 Å². The molecule has 5 heteroatoms. The van der Waals surface area contributed by atoms with Gasteiger partial charge in [0.05, 0.1) is 18.5 Å². The smallest absolute Gasteiger partial charge is 0.235 e. The van der Waals surface area contributed by atoms with Gasteiger partial charge < -0.3 is 10.6 Å². The molecule has 0 radical (unpaired) electrons. The number of fused-ring (bicyclic) bond motifs is 2. The minimum atomic E-state index is -0.265. The second-order valence-corrected chi connectivity index (χ2v) is 7.34. The lowest BCUT2D eigenvalue weighted by atomic mass is 10.0. The average Bonchev–Trinajstić information content (AvgIpc) is 3.05. The van der Waals surface area contributed by atoms with Crippen molar-refractivity contribution in [2.24, 2.45) is 0 Å². The highest BCUT2D eigenvalue weighted by molar-refractivity contribution is 6.27. The van der Waals surface area contributed by atoms with Crippen molar-refractivity contribution in [1.29, 1.82) is 0 Å². The first kappa shape index (κ1) is 18.5. The van der Waals surface area contributed by atoms with Crippen molar-refractivity contribution in [2.75, 3.05) is 5.88 Å². The number of carbonyl (C=O) groups is 2. The third-order valence-corrected chi connectivity index (χ3v) is 5.49. The van der Waals surface area contributed by atoms with Crippen LogP contribution in [0.15, 0.2) is 66.7 Å². The van der Waals surface area contributed by atoms with Crippen molar-refractivity contribution in [3.63, 3.8) is 0 Å². The van der Waals surface area contributed by atoms with Gasteiger partial charge in [-0.05, 0) is 33.9 Å². The molecule has 0 fully saturated rings. The SMILES string of the molecule is O=C(CCl)N[C@@H]1c2ccccc2C[C@H]1NC(=O)Cc1cccc2ccccc12. The van der Waals surface area contributed by atoms with E-state index >= 15 is 0 Å². The highest BCUT2D eigenvalue weighted by Crippen LogP contribution is 2.31. The Morgan fingerprint density at radius 2 is 1.64 bits per heavy atom. The quantitative estimate of drug-likeness (QED) is 0.653. The topological polar surface area (TPSA) is 58.2 Å². The maximum Gasteiger partial charge on any atom is 0.235 e. The number of halogens is 1. The molecule has 4 nitrogen and oxygen atoms in total. The molecule has 4 rings (SSSR count). The molecule has 3 aromatic rings. The van der Waals surface area contributed by atoms with Crippen LogP contribution in [0.25, 0.3) is 10.8 Å². The summed E-state index contributed by atoms with van der Waals surface area (Å²) in [7, 11) is 0. The van der Waals surface area contributed by atoms with Crippen LogP contribution in [-0.4, -0.2) is 23.7 Å². The normalized spacial score (nSPS) is 17.9. The highest BCUT2D eigenvalue weighted by atomic mass is 35.5. The fraction of sp³-hybridized carbons (Fsp3) is 0.217. The molecular formula is C23H21ClN2O2. The largest absolute Gasteiger partial charge is 0.350 e. The molecule has 2 N–H and O–H groups in total. The standard InChI is InChI=1S/C23H21ClN2O2/c24-14-22(28)26-23-19-11-4-2-7-16(19)12-20(23)25-21(27)13-17-9-5-8-15-6-1-3-10-18(15)17/h1-11,20,23H,12-14H2,(H,25,27)(H,26,28)/t20-,23-/m1/s1. The minimum Gasteiger partial charge on any atom is -0.350 e. The van der Waals surface area contributed by atoms with Gasteiger partial charge in [0.25, 0.3) is 0 Å². The molecule has 0 unspecified atom stereocenters. The molecule has 1 aliphatic carbocycles. The van der Waals surface area contributed by atoms with E-state index in [0.29, 0.717) is 12.8 Å². The zero-order valence-corrected chi connectivity index (χ0v) is 16.1. The summed E-state index contributed by atoms with van der Waals surface area (Å²) in [6, 6.07) is 21.5. The van der Waals surface area contributed by atoms with Gasteiger partial charge in [0.15, 0.2) is 0 Å². The molecule has 0 spiro atoms. The first-order chi connectivity index (χ1) is 13.7. The van der Waals surface area contributed by atoms with Gasteiger partial charge in [-0.25, -0.2) is 0 Å². The first-order valence-electron chi connectivity index (χ1n) is 9.35. The first-order valence-corrected chi connectivity index (χ1v) is 9.88. The number of amides is 2. The summed E-state index contributed by atoms with van der Waals surface area (Å²) < 4.78 is 0. The lowest BCUT2D eigenvalue weighted by molar-refractivity contribution is -0.123. The Bertz CT molecular complexity index is 1030. The molecule has 1 aliphatic rings. The molecular weight excluding hydrogens is 372 g/mol. The lowest BCUT2D eigenvalue weighted by Gasteiger charge is -2.23. The summed E-state index contributed by atoms with van der Waals surface area (Å²) in [5.74, 6) is -0.397. The van der Waals surface area contributed by atoms with Crippen molar-refractivity contribution >= 4 is 34.2 Å². The van der Waals surface area contributed by atoms with Crippen molar-refractivity contribution in [3.05, 3.63) is 83.4 Å². The van der Waals surface area contributed by atoms with Crippen LogP contribution in [0.4, 0.5) is 0 Å². The molecule has 2 atom stereocenters. The van der Waals surface area contributed by atoms with E-state index in [1.165, 1.54) is 0 Å². The number of nitrogens with one attached hydrogen (secondary N) is 2. The zero-order valence-electron chi connectivity index (χ0n) is 15.3. The Labute approximate surface area is 168 Å². The van der Waals surface area contributed by atoms with Gasteiger partial charge in [0.2, 0.25) is 11.8 Å². The fourth-order valence-corrected chi connectivity index (χ4v) is 4.07. The molecule has 3 aromatic carbocycles. The van der Waals surface area contributed by atoms with E-state index in [2.05, 4.69) is 10.6 Å². The molecule has 2 amide bonds. The molecule has 142 valence electrons. The molecule has 0 aliphatic heterocycles. The van der Waals surface area contributed by atoms with E-state index in [0.717, 1.165) is 27.5 Å². The summed E-state index contributed by atoms with van der Waals surface area (Å²) in [6.45, 7) is 0. The van der Waals surface area contributed by atoms with E-state index in [9.17, 15) is 9.59 Å².